The molecule has 0 heterocycles. The van der Waals surface area contributed by atoms with Gasteiger partial charge in [0, 0.05) is 23.6 Å². The number of carbonyl (C=O) groups excluding carboxylic acids is 2. The molecule has 0 spiro atoms. The van der Waals surface area contributed by atoms with Crippen molar-refractivity contribution in [3.05, 3.63) is 11.6 Å². The molecule has 24 heavy (non-hydrogen) atoms. The van der Waals surface area contributed by atoms with Crippen LogP contribution in [-0.4, -0.2) is 22.7 Å². The number of fused-ring (bicyclic) bond motifs is 5. The molecular weight excluding hydrogens is 368 g/mol. The van der Waals surface area contributed by atoms with E-state index in [4.69, 9.17) is 4.74 Å². The molecule has 7 atom stereocenters. The van der Waals surface area contributed by atoms with Crippen LogP contribution >= 0.6 is 15.9 Å². The van der Waals surface area contributed by atoms with Crippen LogP contribution in [0.4, 0.5) is 0 Å². The lowest BCUT2D eigenvalue weighted by Crippen LogP contribution is -2.50. The molecule has 4 rings (SSSR count). The smallest absolute Gasteiger partial charge is 0.302 e. The fraction of sp³-hybridized carbons (Fsp3) is 0.800. The lowest BCUT2D eigenvalue weighted by Gasteiger charge is -2.54. The number of ether oxygens (including phenoxy) is 1. The van der Waals surface area contributed by atoms with Crippen molar-refractivity contribution in [2.75, 3.05) is 0 Å². The number of carbonyl (C=O) groups is 2. The molecular formula is C20H27BrO3. The minimum Gasteiger partial charge on any atom is -0.462 e. The monoisotopic (exact) mass is 394 g/mol. The van der Waals surface area contributed by atoms with E-state index in [2.05, 4.69) is 22.9 Å². The van der Waals surface area contributed by atoms with Crippen LogP contribution in [0.25, 0.3) is 0 Å². The Labute approximate surface area is 152 Å². The van der Waals surface area contributed by atoms with Crippen LogP contribution in [0.1, 0.15) is 58.8 Å². The van der Waals surface area contributed by atoms with Crippen molar-refractivity contribution in [3.8, 4) is 0 Å². The summed E-state index contributed by atoms with van der Waals surface area (Å²) in [6, 6.07) is 0. The van der Waals surface area contributed by atoms with Crippen LogP contribution in [0.5, 0.6) is 0 Å². The van der Waals surface area contributed by atoms with Crippen LogP contribution in [0.15, 0.2) is 11.6 Å². The van der Waals surface area contributed by atoms with Gasteiger partial charge < -0.3 is 4.74 Å². The van der Waals surface area contributed by atoms with Crippen molar-refractivity contribution in [1.82, 2.24) is 0 Å². The molecule has 3 saturated carbocycles. The van der Waals surface area contributed by atoms with Gasteiger partial charge in [0.15, 0.2) is 5.78 Å². The van der Waals surface area contributed by atoms with Gasteiger partial charge in [0.2, 0.25) is 0 Å². The van der Waals surface area contributed by atoms with E-state index in [-0.39, 0.29) is 17.5 Å². The Balaban J connectivity index is 1.61. The van der Waals surface area contributed by atoms with Crippen LogP contribution in [0, 0.1) is 29.1 Å². The summed E-state index contributed by atoms with van der Waals surface area (Å²) in [6.45, 7) is 3.89. The van der Waals surface area contributed by atoms with E-state index in [0.29, 0.717) is 34.3 Å². The number of rotatable bonds is 1. The van der Waals surface area contributed by atoms with Crippen molar-refractivity contribution in [3.63, 3.8) is 0 Å². The Bertz CT molecular complexity index is 598. The summed E-state index contributed by atoms with van der Waals surface area (Å²) in [5.41, 5.74) is 1.51. The lowest BCUT2D eigenvalue weighted by atomic mass is 9.52. The zero-order valence-electron chi connectivity index (χ0n) is 14.6. The summed E-state index contributed by atoms with van der Waals surface area (Å²) in [5, 5.41) is 0. The van der Waals surface area contributed by atoms with Crippen molar-refractivity contribution < 1.29 is 14.3 Å². The largest absolute Gasteiger partial charge is 0.462 e. The number of hydrogen-bond donors (Lipinski definition) is 0. The number of ketones is 1. The third-order valence-electron chi connectivity index (χ3n) is 7.53. The highest BCUT2D eigenvalue weighted by Crippen LogP contribution is 2.63. The molecule has 4 heteroatoms. The van der Waals surface area contributed by atoms with Crippen LogP contribution < -0.4 is 0 Å². The fourth-order valence-electron chi connectivity index (χ4n) is 6.49. The highest BCUT2D eigenvalue weighted by atomic mass is 79.9. The van der Waals surface area contributed by atoms with Gasteiger partial charge in [-0.3, -0.25) is 9.59 Å². The topological polar surface area (TPSA) is 43.4 Å². The second-order valence-corrected chi connectivity index (χ2v) is 9.72. The second kappa shape index (κ2) is 5.96. The summed E-state index contributed by atoms with van der Waals surface area (Å²) >= 11 is 3.88. The first-order valence-corrected chi connectivity index (χ1v) is 10.4. The van der Waals surface area contributed by atoms with Crippen molar-refractivity contribution >= 4 is 27.7 Å². The number of alkyl halides is 1. The molecule has 0 N–H and O–H groups in total. The minimum absolute atomic E-state index is 0.0969. The summed E-state index contributed by atoms with van der Waals surface area (Å²) in [7, 11) is 0. The van der Waals surface area contributed by atoms with E-state index >= 15 is 0 Å². The molecule has 0 saturated heterocycles. The molecule has 0 bridgehead atoms. The van der Waals surface area contributed by atoms with Crippen molar-refractivity contribution in [1.29, 1.82) is 0 Å². The predicted octanol–water partition coefficient (Wildman–Crippen LogP) is 4.43. The van der Waals surface area contributed by atoms with E-state index in [0.717, 1.165) is 32.1 Å². The normalized spacial score (nSPS) is 47.3. The SMILES string of the molecule is CC(=O)O[C@H]1CCC2C3CC(Br)C4=CC(=O)CCC4C3CC[C@@]21C. The third-order valence-corrected chi connectivity index (χ3v) is 8.43. The van der Waals surface area contributed by atoms with Crippen LogP contribution in [0.2, 0.25) is 0 Å². The van der Waals surface area contributed by atoms with Gasteiger partial charge in [-0.1, -0.05) is 22.9 Å². The van der Waals surface area contributed by atoms with Gasteiger partial charge >= 0.3 is 5.97 Å². The van der Waals surface area contributed by atoms with Gasteiger partial charge in [0.1, 0.15) is 6.10 Å². The van der Waals surface area contributed by atoms with Gasteiger partial charge in [-0.25, -0.2) is 0 Å². The van der Waals surface area contributed by atoms with Gasteiger partial charge in [-0.05, 0) is 73.8 Å². The van der Waals surface area contributed by atoms with Gasteiger partial charge in [0.25, 0.3) is 0 Å². The van der Waals surface area contributed by atoms with E-state index < -0.39 is 0 Å². The van der Waals surface area contributed by atoms with Gasteiger partial charge in [-0.2, -0.15) is 0 Å². The zero-order valence-corrected chi connectivity index (χ0v) is 16.2. The summed E-state index contributed by atoms with van der Waals surface area (Å²) in [5.74, 6) is 2.82. The number of esters is 1. The maximum Gasteiger partial charge on any atom is 0.302 e. The van der Waals surface area contributed by atoms with Gasteiger partial charge in [0.05, 0.1) is 0 Å². The average molecular weight is 395 g/mol. The molecule has 4 aliphatic carbocycles. The maximum atomic E-state index is 11.9. The van der Waals surface area contributed by atoms with E-state index in [1.807, 2.05) is 6.08 Å². The Kier molecular flexibility index (Phi) is 4.18. The first-order valence-electron chi connectivity index (χ1n) is 9.45. The minimum atomic E-state index is -0.137. The van der Waals surface area contributed by atoms with E-state index in [1.165, 1.54) is 25.3 Å². The molecule has 3 fully saturated rings. The van der Waals surface area contributed by atoms with Crippen LogP contribution in [-0.2, 0) is 14.3 Å². The Morgan fingerprint density at radius 2 is 2.04 bits per heavy atom. The highest BCUT2D eigenvalue weighted by Gasteiger charge is 2.58. The molecule has 0 aliphatic heterocycles. The molecule has 3 nitrogen and oxygen atoms in total. The Hall–Kier alpha value is -0.640. The predicted molar refractivity (Wildman–Crippen MR) is 95.7 cm³/mol. The first kappa shape index (κ1) is 16.8. The van der Waals surface area contributed by atoms with Crippen molar-refractivity contribution in [2.24, 2.45) is 29.1 Å². The molecule has 0 aromatic heterocycles. The fourth-order valence-corrected chi connectivity index (χ4v) is 7.39. The van der Waals surface area contributed by atoms with E-state index in [9.17, 15) is 9.59 Å². The highest BCUT2D eigenvalue weighted by molar-refractivity contribution is 9.09. The molecule has 0 amide bonds. The van der Waals surface area contributed by atoms with Crippen molar-refractivity contribution in [2.45, 2.75) is 69.7 Å². The Morgan fingerprint density at radius 3 is 2.79 bits per heavy atom. The summed E-state index contributed by atoms with van der Waals surface area (Å²) in [6.07, 6.45) is 9.48. The van der Waals surface area contributed by atoms with Gasteiger partial charge in [-0.15, -0.1) is 0 Å². The quantitative estimate of drug-likeness (QED) is 0.487. The second-order valence-electron chi connectivity index (χ2n) is 8.61. The molecule has 132 valence electrons. The zero-order chi connectivity index (χ0) is 17.1. The standard InChI is InChI=1S/C20H27BrO3/c1-11(22)24-19-6-5-17-15-10-18(21)16-9-12(23)3-4-13(16)14(15)7-8-20(17,19)2/h9,13-15,17-19H,3-8,10H2,1-2H3/t13?,14?,15?,17?,18?,19-,20-/m0/s1. The number of hydrogen-bond acceptors (Lipinski definition) is 3. The summed E-state index contributed by atoms with van der Waals surface area (Å²) in [4.78, 5) is 23.7. The third kappa shape index (κ3) is 2.51. The first-order chi connectivity index (χ1) is 11.4. The molecule has 5 unspecified atom stereocenters. The summed E-state index contributed by atoms with van der Waals surface area (Å²) < 4.78 is 5.70. The maximum absolute atomic E-state index is 11.9. The molecule has 0 aromatic carbocycles. The average Bonchev–Trinajstić information content (AvgIpc) is 2.84. The Morgan fingerprint density at radius 1 is 1.25 bits per heavy atom. The number of allylic oxidation sites excluding steroid dienone is 1. The number of halogens is 1. The molecule has 0 radical (unpaired) electrons. The molecule has 4 aliphatic rings. The van der Waals surface area contributed by atoms with E-state index in [1.54, 1.807) is 0 Å². The lowest BCUT2D eigenvalue weighted by molar-refractivity contribution is -0.156. The molecule has 0 aromatic rings. The van der Waals surface area contributed by atoms with Crippen LogP contribution in [0.3, 0.4) is 0 Å².